The van der Waals surface area contributed by atoms with Crippen LogP contribution in [0.5, 0.6) is 5.75 Å². The second-order valence-corrected chi connectivity index (χ2v) is 9.80. The summed E-state index contributed by atoms with van der Waals surface area (Å²) in [6.45, 7) is 5.00. The molecule has 7 heteroatoms. The van der Waals surface area contributed by atoms with E-state index in [2.05, 4.69) is 17.0 Å². The van der Waals surface area contributed by atoms with Crippen molar-refractivity contribution in [2.24, 2.45) is 5.92 Å². The van der Waals surface area contributed by atoms with Gasteiger partial charge in [0.1, 0.15) is 5.75 Å². The molecule has 2 aliphatic rings. The van der Waals surface area contributed by atoms with Crippen LogP contribution in [-0.4, -0.2) is 75.4 Å². The fourth-order valence-corrected chi connectivity index (χ4v) is 5.78. The van der Waals surface area contributed by atoms with Gasteiger partial charge in [-0.25, -0.2) is 0 Å². The highest BCUT2D eigenvalue weighted by Gasteiger charge is 2.31. The summed E-state index contributed by atoms with van der Waals surface area (Å²) in [6, 6.07) is 8.17. The minimum atomic E-state index is -3.29. The van der Waals surface area contributed by atoms with E-state index in [1.807, 2.05) is 12.1 Å². The maximum atomic E-state index is 12.7. The van der Waals surface area contributed by atoms with Gasteiger partial charge < -0.3 is 9.64 Å². The lowest BCUT2D eigenvalue weighted by atomic mass is 9.97. The van der Waals surface area contributed by atoms with Crippen molar-refractivity contribution < 1.29 is 13.2 Å². The van der Waals surface area contributed by atoms with Gasteiger partial charge in [0.15, 0.2) is 0 Å². The number of likely N-dealkylation sites (tertiary alicyclic amines) is 1. The molecule has 0 aliphatic carbocycles. The Morgan fingerprint density at radius 2 is 1.89 bits per heavy atom. The smallest absolute Gasteiger partial charge is 0.281 e. The summed E-state index contributed by atoms with van der Waals surface area (Å²) in [4.78, 5) is 2.47. The Labute approximate surface area is 164 Å². The first-order chi connectivity index (χ1) is 13.0. The summed E-state index contributed by atoms with van der Waals surface area (Å²) in [7, 11) is 0.164. The topological polar surface area (TPSA) is 53.1 Å². The van der Waals surface area contributed by atoms with Crippen molar-refractivity contribution in [1.82, 2.24) is 13.5 Å². The van der Waals surface area contributed by atoms with Crippen molar-refractivity contribution >= 4 is 10.2 Å². The molecule has 1 unspecified atom stereocenters. The molecule has 3 rings (SSSR count). The molecule has 0 radical (unpaired) electrons. The zero-order valence-corrected chi connectivity index (χ0v) is 17.5. The molecule has 2 heterocycles. The highest BCUT2D eigenvalue weighted by Crippen LogP contribution is 2.23. The van der Waals surface area contributed by atoms with Crippen molar-refractivity contribution in [2.45, 2.75) is 32.1 Å². The molecule has 1 atom stereocenters. The summed E-state index contributed by atoms with van der Waals surface area (Å²) in [6.07, 6.45) is 5.15. The highest BCUT2D eigenvalue weighted by atomic mass is 32.2. The first kappa shape index (κ1) is 20.6. The van der Waals surface area contributed by atoms with E-state index in [-0.39, 0.29) is 0 Å². The van der Waals surface area contributed by atoms with E-state index in [0.717, 1.165) is 57.5 Å². The van der Waals surface area contributed by atoms with Crippen molar-refractivity contribution in [3.63, 3.8) is 0 Å². The molecule has 2 aliphatic heterocycles. The lowest BCUT2D eigenvalue weighted by molar-refractivity contribution is 0.161. The predicted molar refractivity (Wildman–Crippen MR) is 108 cm³/mol. The molecule has 1 aromatic carbocycles. The maximum Gasteiger partial charge on any atom is 0.281 e. The van der Waals surface area contributed by atoms with Gasteiger partial charge in [0, 0.05) is 39.8 Å². The Hall–Kier alpha value is -1.15. The molecular formula is C20H33N3O3S. The average Bonchev–Trinajstić information content (AvgIpc) is 3.22. The molecule has 0 bridgehead atoms. The number of piperidine rings is 1. The van der Waals surface area contributed by atoms with E-state index in [0.29, 0.717) is 25.6 Å². The molecule has 2 fully saturated rings. The average molecular weight is 396 g/mol. The molecule has 0 aromatic heterocycles. The molecule has 6 nitrogen and oxygen atoms in total. The van der Waals surface area contributed by atoms with Crippen molar-refractivity contribution in [3.05, 3.63) is 29.8 Å². The number of rotatable bonds is 8. The normalized spacial score (nSPS) is 22.4. The van der Waals surface area contributed by atoms with Gasteiger partial charge in [0.2, 0.25) is 0 Å². The van der Waals surface area contributed by atoms with Crippen LogP contribution in [0.3, 0.4) is 0 Å². The first-order valence-corrected chi connectivity index (χ1v) is 11.5. The van der Waals surface area contributed by atoms with Crippen LogP contribution >= 0.6 is 0 Å². The van der Waals surface area contributed by atoms with E-state index >= 15 is 0 Å². The summed E-state index contributed by atoms with van der Waals surface area (Å²) in [5, 5.41) is 0. The Balaban J connectivity index is 1.51. The summed E-state index contributed by atoms with van der Waals surface area (Å²) >= 11 is 0. The molecule has 2 saturated heterocycles. The quantitative estimate of drug-likeness (QED) is 0.677. The third-order valence-corrected chi connectivity index (χ3v) is 7.75. The van der Waals surface area contributed by atoms with Gasteiger partial charge in [0.25, 0.3) is 10.2 Å². The predicted octanol–water partition coefficient (Wildman–Crippen LogP) is 2.22. The molecule has 0 N–H and O–H groups in total. The number of hydrogen-bond donors (Lipinski definition) is 0. The number of benzene rings is 1. The molecular weight excluding hydrogens is 362 g/mol. The van der Waals surface area contributed by atoms with Crippen LogP contribution in [0.2, 0.25) is 0 Å². The highest BCUT2D eigenvalue weighted by molar-refractivity contribution is 7.86. The van der Waals surface area contributed by atoms with Gasteiger partial charge in [-0.05, 0) is 56.2 Å². The Bertz CT molecular complexity index is 704. The van der Waals surface area contributed by atoms with Crippen LogP contribution < -0.4 is 4.74 Å². The van der Waals surface area contributed by atoms with Crippen molar-refractivity contribution in [1.29, 1.82) is 0 Å². The largest absolute Gasteiger partial charge is 0.496 e. The molecule has 1 aromatic rings. The fourth-order valence-electron chi connectivity index (χ4n) is 4.27. The zero-order chi connectivity index (χ0) is 19.3. The van der Waals surface area contributed by atoms with Gasteiger partial charge in [-0.15, -0.1) is 0 Å². The third kappa shape index (κ3) is 5.22. The first-order valence-electron chi connectivity index (χ1n) is 10.1. The Morgan fingerprint density at radius 3 is 2.63 bits per heavy atom. The number of methoxy groups -OCH3 is 1. The zero-order valence-electron chi connectivity index (χ0n) is 16.6. The molecule has 152 valence electrons. The van der Waals surface area contributed by atoms with Gasteiger partial charge in [-0.2, -0.15) is 17.0 Å². The maximum absolute atomic E-state index is 12.7. The molecule has 0 spiro atoms. The standard InChI is InChI=1S/C20H33N3O3S/c1-21(27(24,25)23-13-5-6-14-23)16-18-8-7-12-22(17-18)15-11-19-9-3-4-10-20(19)26-2/h3-4,9-10,18H,5-8,11-17H2,1-2H3. The van der Waals surface area contributed by atoms with Gasteiger partial charge in [0.05, 0.1) is 7.11 Å². The minimum Gasteiger partial charge on any atom is -0.496 e. The van der Waals surface area contributed by atoms with E-state index in [4.69, 9.17) is 4.74 Å². The SMILES string of the molecule is COc1ccccc1CCN1CCCC(CN(C)S(=O)(=O)N2CCCC2)C1. The van der Waals surface area contributed by atoms with Crippen LogP contribution in [0.15, 0.2) is 24.3 Å². The second-order valence-electron chi connectivity index (χ2n) is 7.77. The number of hydrogen-bond acceptors (Lipinski definition) is 4. The van der Waals surface area contributed by atoms with Crippen LogP contribution in [0.4, 0.5) is 0 Å². The van der Waals surface area contributed by atoms with E-state index < -0.39 is 10.2 Å². The van der Waals surface area contributed by atoms with Crippen LogP contribution in [0.1, 0.15) is 31.2 Å². The summed E-state index contributed by atoms with van der Waals surface area (Å²) < 4.78 is 34.0. The lowest BCUT2D eigenvalue weighted by Crippen LogP contribution is -2.46. The summed E-state index contributed by atoms with van der Waals surface area (Å²) in [5.74, 6) is 1.35. The Kier molecular flexibility index (Phi) is 7.14. The lowest BCUT2D eigenvalue weighted by Gasteiger charge is -2.35. The van der Waals surface area contributed by atoms with E-state index in [9.17, 15) is 8.42 Å². The monoisotopic (exact) mass is 395 g/mol. The van der Waals surface area contributed by atoms with E-state index in [1.165, 1.54) is 5.56 Å². The Morgan fingerprint density at radius 1 is 1.15 bits per heavy atom. The second kappa shape index (κ2) is 9.37. The summed E-state index contributed by atoms with van der Waals surface area (Å²) in [5.41, 5.74) is 1.23. The van der Waals surface area contributed by atoms with Crippen LogP contribution in [0.25, 0.3) is 0 Å². The van der Waals surface area contributed by atoms with Gasteiger partial charge in [-0.3, -0.25) is 0 Å². The van der Waals surface area contributed by atoms with Gasteiger partial charge in [-0.1, -0.05) is 18.2 Å². The van der Waals surface area contributed by atoms with E-state index in [1.54, 1.807) is 22.8 Å². The van der Waals surface area contributed by atoms with Crippen LogP contribution in [0, 0.1) is 5.92 Å². The molecule has 0 amide bonds. The number of ether oxygens (including phenoxy) is 1. The molecule has 0 saturated carbocycles. The third-order valence-electron chi connectivity index (χ3n) is 5.79. The van der Waals surface area contributed by atoms with Crippen molar-refractivity contribution in [2.75, 3.05) is 53.4 Å². The van der Waals surface area contributed by atoms with Crippen molar-refractivity contribution in [3.8, 4) is 5.75 Å². The minimum absolute atomic E-state index is 0.402. The van der Waals surface area contributed by atoms with Gasteiger partial charge >= 0.3 is 0 Å². The van der Waals surface area contributed by atoms with Crippen LogP contribution in [-0.2, 0) is 16.6 Å². The number of para-hydroxylation sites is 1. The number of nitrogens with zero attached hydrogens (tertiary/aromatic N) is 3. The molecule has 27 heavy (non-hydrogen) atoms. The fraction of sp³-hybridized carbons (Fsp3) is 0.700.